The molecule has 120 valence electrons. The Kier molecular flexibility index (Phi) is 6.40. The second-order valence-corrected chi connectivity index (χ2v) is 6.63. The number of hydrogen-bond donors (Lipinski definition) is 2. The monoisotopic (exact) mass is 293 g/mol. The highest BCUT2D eigenvalue weighted by Gasteiger charge is 2.22. The lowest BCUT2D eigenvalue weighted by atomic mass is 9.95. The quantitative estimate of drug-likeness (QED) is 0.595. The highest BCUT2D eigenvalue weighted by Crippen LogP contribution is 2.25. The van der Waals surface area contributed by atoms with Crippen LogP contribution in [0.25, 0.3) is 0 Å². The Hall–Kier alpha value is -1.36. The topological polar surface area (TPSA) is 67.1 Å². The first-order valence-corrected chi connectivity index (χ1v) is 7.96. The van der Waals surface area contributed by atoms with Gasteiger partial charge in [0, 0.05) is 24.1 Å². The third-order valence-electron chi connectivity index (χ3n) is 3.70. The summed E-state index contributed by atoms with van der Waals surface area (Å²) in [6, 6.07) is 2.39. The summed E-state index contributed by atoms with van der Waals surface area (Å²) in [7, 11) is 0. The summed E-state index contributed by atoms with van der Waals surface area (Å²) in [4.78, 5) is 11.7. The van der Waals surface area contributed by atoms with Crippen LogP contribution in [-0.2, 0) is 5.41 Å². The number of nitrogen functional groups attached to an aromatic ring is 1. The van der Waals surface area contributed by atoms with Gasteiger partial charge in [-0.3, -0.25) is 0 Å². The van der Waals surface area contributed by atoms with Gasteiger partial charge >= 0.3 is 0 Å². The molecule has 0 bridgehead atoms. The number of hydrazine groups is 1. The van der Waals surface area contributed by atoms with Gasteiger partial charge < -0.3 is 10.3 Å². The smallest absolute Gasteiger partial charge is 0.145 e. The van der Waals surface area contributed by atoms with Gasteiger partial charge in [0.2, 0.25) is 0 Å². The predicted octanol–water partition coefficient (Wildman–Crippen LogP) is 3.46. The van der Waals surface area contributed by atoms with Crippen LogP contribution in [0.4, 0.5) is 11.6 Å². The first-order valence-electron chi connectivity index (χ1n) is 7.96. The normalized spacial score (nSPS) is 13.1. The fraction of sp³-hybridized carbons (Fsp3) is 0.750. The molecule has 1 rings (SSSR count). The lowest BCUT2D eigenvalue weighted by molar-refractivity contribution is 0.537. The molecule has 0 aromatic carbocycles. The number of hydrogen-bond acceptors (Lipinski definition) is 5. The Balaban J connectivity index is 3.22. The maximum absolute atomic E-state index is 5.58. The van der Waals surface area contributed by atoms with Crippen LogP contribution in [0.5, 0.6) is 0 Å². The highest BCUT2D eigenvalue weighted by molar-refractivity contribution is 5.50. The molecule has 3 N–H and O–H groups in total. The molecule has 1 atom stereocenters. The number of nitrogens with zero attached hydrogens (tertiary/aromatic N) is 3. The molecule has 5 nitrogen and oxygen atoms in total. The van der Waals surface area contributed by atoms with Crippen LogP contribution in [-0.4, -0.2) is 22.6 Å². The number of rotatable bonds is 7. The molecule has 0 fully saturated rings. The van der Waals surface area contributed by atoms with Crippen molar-refractivity contribution in [3.05, 3.63) is 11.9 Å². The van der Waals surface area contributed by atoms with E-state index in [2.05, 4.69) is 56.9 Å². The molecule has 0 radical (unpaired) electrons. The number of unbranched alkanes of at least 4 members (excludes halogenated alkanes) is 1. The lowest BCUT2D eigenvalue weighted by Crippen LogP contribution is -2.35. The molecule has 0 aliphatic carbocycles. The summed E-state index contributed by atoms with van der Waals surface area (Å²) < 4.78 is 0. The molecule has 0 spiro atoms. The van der Waals surface area contributed by atoms with Gasteiger partial charge in [-0.15, -0.1) is 0 Å². The van der Waals surface area contributed by atoms with Crippen molar-refractivity contribution >= 4 is 11.6 Å². The standard InChI is InChI=1S/C16H31N5/c1-7-9-10-21(12(3)8-2)14-11-13(20-17)18-15(19-14)16(4,5)6/h11-12H,7-10,17H2,1-6H3,(H,18,19,20). The van der Waals surface area contributed by atoms with Crippen molar-refractivity contribution in [2.45, 2.75) is 72.3 Å². The molecule has 0 amide bonds. The average molecular weight is 293 g/mol. The molecule has 1 unspecified atom stereocenters. The molecule has 0 saturated heterocycles. The van der Waals surface area contributed by atoms with Crippen LogP contribution in [0.1, 0.15) is 66.6 Å². The van der Waals surface area contributed by atoms with Crippen LogP contribution in [0.15, 0.2) is 6.07 Å². The van der Waals surface area contributed by atoms with Gasteiger partial charge in [0.15, 0.2) is 0 Å². The molecule has 5 heteroatoms. The van der Waals surface area contributed by atoms with Crippen LogP contribution in [0.3, 0.4) is 0 Å². The molecule has 21 heavy (non-hydrogen) atoms. The maximum atomic E-state index is 5.58. The fourth-order valence-corrected chi connectivity index (χ4v) is 2.10. The van der Waals surface area contributed by atoms with E-state index >= 15 is 0 Å². The van der Waals surface area contributed by atoms with Crippen LogP contribution < -0.4 is 16.2 Å². The molecule has 1 aromatic rings. The largest absolute Gasteiger partial charge is 0.354 e. The highest BCUT2D eigenvalue weighted by atomic mass is 15.3. The van der Waals surface area contributed by atoms with E-state index in [1.54, 1.807) is 0 Å². The van der Waals surface area contributed by atoms with Crippen LogP contribution in [0.2, 0.25) is 0 Å². The molecular weight excluding hydrogens is 262 g/mol. The van der Waals surface area contributed by atoms with Gasteiger partial charge in [-0.2, -0.15) is 0 Å². The van der Waals surface area contributed by atoms with Gasteiger partial charge in [-0.05, 0) is 19.8 Å². The number of anilines is 2. The molecule has 0 aliphatic heterocycles. The van der Waals surface area contributed by atoms with E-state index in [0.29, 0.717) is 11.9 Å². The minimum absolute atomic E-state index is 0.104. The molecule has 0 saturated carbocycles. The number of aromatic nitrogens is 2. The van der Waals surface area contributed by atoms with E-state index in [1.165, 1.54) is 6.42 Å². The van der Waals surface area contributed by atoms with Gasteiger partial charge in [-0.1, -0.05) is 41.0 Å². The fourth-order valence-electron chi connectivity index (χ4n) is 2.10. The Morgan fingerprint density at radius 2 is 1.95 bits per heavy atom. The zero-order chi connectivity index (χ0) is 16.0. The zero-order valence-electron chi connectivity index (χ0n) is 14.4. The average Bonchev–Trinajstić information content (AvgIpc) is 2.46. The van der Waals surface area contributed by atoms with Gasteiger partial charge in [0.25, 0.3) is 0 Å². The Morgan fingerprint density at radius 1 is 1.29 bits per heavy atom. The summed E-state index contributed by atoms with van der Waals surface area (Å²) in [5, 5.41) is 0. The van der Waals surface area contributed by atoms with E-state index in [-0.39, 0.29) is 5.41 Å². The van der Waals surface area contributed by atoms with E-state index in [0.717, 1.165) is 31.0 Å². The van der Waals surface area contributed by atoms with Gasteiger partial charge in [0.05, 0.1) is 0 Å². The predicted molar refractivity (Wildman–Crippen MR) is 90.5 cm³/mol. The Labute approximate surface area is 129 Å². The second-order valence-electron chi connectivity index (χ2n) is 6.63. The Bertz CT molecular complexity index is 439. The molecule has 1 heterocycles. The third-order valence-corrected chi connectivity index (χ3v) is 3.70. The van der Waals surface area contributed by atoms with Crippen molar-refractivity contribution in [3.8, 4) is 0 Å². The van der Waals surface area contributed by atoms with Crippen molar-refractivity contribution in [2.24, 2.45) is 5.84 Å². The van der Waals surface area contributed by atoms with Crippen LogP contribution in [0, 0.1) is 0 Å². The van der Waals surface area contributed by atoms with Crippen LogP contribution >= 0.6 is 0 Å². The first-order chi connectivity index (χ1) is 9.83. The maximum Gasteiger partial charge on any atom is 0.145 e. The van der Waals surface area contributed by atoms with E-state index in [1.807, 2.05) is 6.07 Å². The summed E-state index contributed by atoms with van der Waals surface area (Å²) in [6.45, 7) is 14.0. The Morgan fingerprint density at radius 3 is 2.43 bits per heavy atom. The molecule has 1 aromatic heterocycles. The summed E-state index contributed by atoms with van der Waals surface area (Å²) in [5.41, 5.74) is 2.57. The van der Waals surface area contributed by atoms with Crippen molar-refractivity contribution in [1.82, 2.24) is 9.97 Å². The summed E-state index contributed by atoms with van der Waals surface area (Å²) in [5.74, 6) is 8.04. The van der Waals surface area contributed by atoms with Crippen molar-refractivity contribution in [1.29, 1.82) is 0 Å². The SMILES string of the molecule is CCCCN(c1cc(NN)nc(C(C)(C)C)n1)C(C)CC. The minimum Gasteiger partial charge on any atom is -0.354 e. The third kappa shape index (κ3) is 4.84. The number of nitrogens with one attached hydrogen (secondary N) is 1. The molecular formula is C16H31N5. The summed E-state index contributed by atoms with van der Waals surface area (Å²) in [6.07, 6.45) is 3.42. The second kappa shape index (κ2) is 7.59. The minimum atomic E-state index is -0.104. The van der Waals surface area contributed by atoms with Crippen molar-refractivity contribution in [2.75, 3.05) is 16.9 Å². The lowest BCUT2D eigenvalue weighted by Gasteiger charge is -2.31. The van der Waals surface area contributed by atoms with Crippen molar-refractivity contribution < 1.29 is 0 Å². The van der Waals surface area contributed by atoms with E-state index < -0.39 is 0 Å². The number of nitrogens with two attached hydrogens (primary N) is 1. The first kappa shape index (κ1) is 17.7. The zero-order valence-corrected chi connectivity index (χ0v) is 14.4. The van der Waals surface area contributed by atoms with Crippen molar-refractivity contribution in [3.63, 3.8) is 0 Å². The van der Waals surface area contributed by atoms with E-state index in [4.69, 9.17) is 10.8 Å². The molecule has 0 aliphatic rings. The van der Waals surface area contributed by atoms with Gasteiger partial charge in [0.1, 0.15) is 17.5 Å². The van der Waals surface area contributed by atoms with Gasteiger partial charge in [-0.25, -0.2) is 15.8 Å². The summed E-state index contributed by atoms with van der Waals surface area (Å²) >= 11 is 0. The van der Waals surface area contributed by atoms with E-state index in [9.17, 15) is 0 Å².